The van der Waals surface area contributed by atoms with Crippen LogP contribution in [-0.4, -0.2) is 71.1 Å². The van der Waals surface area contributed by atoms with Crippen molar-refractivity contribution in [1.82, 2.24) is 14.6 Å². The average Bonchev–Trinajstić information content (AvgIpc) is 2.87. The Labute approximate surface area is 172 Å². The molecule has 1 aromatic heterocycles. The molecule has 0 unspecified atom stereocenters. The molecule has 0 bridgehead atoms. The minimum Gasteiger partial charge on any atom is -0.393 e. The zero-order chi connectivity index (χ0) is 22.3. The van der Waals surface area contributed by atoms with Crippen LogP contribution in [0.3, 0.4) is 0 Å². The molecule has 1 saturated heterocycles. The molecule has 2 aromatic rings. The SMILES string of the molecule is O=c1[nH]c(=O)n([C@]2(O)O[C@H](CO)[C@](O)(F)[C@]2(O)N(O)CCc2ccccc2)cc1Cl. The predicted octanol–water partition coefficient (Wildman–Crippen LogP) is -1.54. The lowest BCUT2D eigenvalue weighted by Gasteiger charge is -2.43. The van der Waals surface area contributed by atoms with Gasteiger partial charge in [0.1, 0.15) is 11.1 Å². The lowest BCUT2D eigenvalue weighted by Crippen LogP contribution is -2.72. The third-order valence-electron chi connectivity index (χ3n) is 4.90. The summed E-state index contributed by atoms with van der Waals surface area (Å²) in [5.74, 6) is -7.50. The number of nitrogens with one attached hydrogen (secondary N) is 1. The first kappa shape index (κ1) is 22.5. The molecule has 0 saturated carbocycles. The Morgan fingerprint density at radius 2 is 1.87 bits per heavy atom. The molecule has 11 nitrogen and oxygen atoms in total. The molecule has 0 aliphatic carbocycles. The summed E-state index contributed by atoms with van der Waals surface area (Å²) in [6.45, 7) is -1.81. The van der Waals surface area contributed by atoms with Crippen molar-refractivity contribution in [3.8, 4) is 0 Å². The number of alkyl halides is 1. The van der Waals surface area contributed by atoms with Crippen molar-refractivity contribution >= 4 is 11.6 Å². The molecule has 0 spiro atoms. The van der Waals surface area contributed by atoms with Gasteiger partial charge in [-0.05, 0) is 12.0 Å². The van der Waals surface area contributed by atoms with Crippen LogP contribution in [0.2, 0.25) is 5.02 Å². The van der Waals surface area contributed by atoms with Crippen LogP contribution < -0.4 is 11.2 Å². The smallest absolute Gasteiger partial charge is 0.332 e. The van der Waals surface area contributed by atoms with Crippen molar-refractivity contribution in [2.24, 2.45) is 0 Å². The van der Waals surface area contributed by atoms with Crippen LogP contribution in [0.25, 0.3) is 0 Å². The summed E-state index contributed by atoms with van der Waals surface area (Å²) >= 11 is 5.65. The highest BCUT2D eigenvalue weighted by Gasteiger charge is 2.79. The number of hydroxylamine groups is 2. The summed E-state index contributed by atoms with van der Waals surface area (Å²) in [7, 11) is 0. The first-order chi connectivity index (χ1) is 14.0. The fourth-order valence-electron chi connectivity index (χ4n) is 3.26. The molecule has 1 aliphatic heterocycles. The fourth-order valence-corrected chi connectivity index (χ4v) is 3.40. The Kier molecular flexibility index (Phi) is 5.88. The van der Waals surface area contributed by atoms with Crippen molar-refractivity contribution in [2.75, 3.05) is 13.2 Å². The van der Waals surface area contributed by atoms with E-state index in [0.29, 0.717) is 11.8 Å². The zero-order valence-electron chi connectivity index (χ0n) is 15.3. The highest BCUT2D eigenvalue weighted by molar-refractivity contribution is 6.30. The third-order valence-corrected chi connectivity index (χ3v) is 5.17. The van der Waals surface area contributed by atoms with E-state index < -0.39 is 53.0 Å². The minimum absolute atomic E-state index is 0.0108. The van der Waals surface area contributed by atoms with E-state index >= 15 is 4.39 Å². The number of hydrogen-bond donors (Lipinski definition) is 6. The number of hydrogen-bond acceptors (Lipinski definition) is 9. The first-order valence-electron chi connectivity index (χ1n) is 8.66. The van der Waals surface area contributed by atoms with E-state index in [4.69, 9.17) is 16.3 Å². The number of aromatic nitrogens is 2. The monoisotopic (exact) mass is 447 g/mol. The summed E-state index contributed by atoms with van der Waals surface area (Å²) in [4.78, 5) is 25.4. The molecule has 3 rings (SSSR count). The van der Waals surface area contributed by atoms with Crippen LogP contribution in [0.15, 0.2) is 46.1 Å². The number of aliphatic hydroxyl groups excluding tert-OH is 1. The largest absolute Gasteiger partial charge is 0.393 e. The van der Waals surface area contributed by atoms with Gasteiger partial charge in [0.15, 0.2) is 0 Å². The minimum atomic E-state index is -3.98. The molecule has 164 valence electrons. The number of benzene rings is 1. The summed E-state index contributed by atoms with van der Waals surface area (Å²) in [5, 5.41) is 51.3. The molecule has 13 heteroatoms. The summed E-state index contributed by atoms with van der Waals surface area (Å²) in [6.07, 6.45) is -1.76. The first-order valence-corrected chi connectivity index (χ1v) is 9.04. The number of aliphatic hydroxyl groups is 4. The van der Waals surface area contributed by atoms with Gasteiger partial charge in [-0.2, -0.15) is 0 Å². The van der Waals surface area contributed by atoms with Gasteiger partial charge < -0.3 is 30.4 Å². The highest BCUT2D eigenvalue weighted by atomic mass is 35.5. The van der Waals surface area contributed by atoms with Gasteiger partial charge >= 0.3 is 11.6 Å². The van der Waals surface area contributed by atoms with Gasteiger partial charge in [0, 0.05) is 12.7 Å². The van der Waals surface area contributed by atoms with Gasteiger partial charge in [-0.25, -0.2) is 13.8 Å². The number of nitrogens with zero attached hydrogens (tertiary/aromatic N) is 2. The second-order valence-electron chi connectivity index (χ2n) is 6.71. The third kappa shape index (κ3) is 3.27. The molecular formula is C17H19ClFN3O8. The van der Waals surface area contributed by atoms with Crippen LogP contribution in [-0.2, 0) is 17.1 Å². The maximum Gasteiger partial charge on any atom is 0.332 e. The molecule has 2 heterocycles. The van der Waals surface area contributed by atoms with Crippen LogP contribution in [0.5, 0.6) is 0 Å². The number of aromatic amines is 1. The van der Waals surface area contributed by atoms with E-state index in [2.05, 4.69) is 0 Å². The molecule has 30 heavy (non-hydrogen) atoms. The van der Waals surface area contributed by atoms with E-state index in [-0.39, 0.29) is 16.1 Å². The second kappa shape index (κ2) is 7.83. The Balaban J connectivity index is 2.10. The maximum atomic E-state index is 15.2. The standard InChI is InChI=1S/C17H19ClFN3O8/c18-11-8-21(14(25)20-13(11)24)17(28)16(27,15(19,26)12(9-23)30-17)22(29)7-6-10-4-2-1-3-5-10/h1-5,8,12,23,26-29H,6-7,9H2,(H,20,24,25)/t12-,15-,16-,17-/m1/s1. The van der Waals surface area contributed by atoms with Gasteiger partial charge in [0.2, 0.25) is 0 Å². The summed E-state index contributed by atoms with van der Waals surface area (Å²) in [5.41, 5.74) is -5.54. The molecule has 1 fully saturated rings. The van der Waals surface area contributed by atoms with Gasteiger partial charge in [0.05, 0.1) is 6.61 Å². The van der Waals surface area contributed by atoms with Crippen molar-refractivity contribution < 1.29 is 34.8 Å². The summed E-state index contributed by atoms with van der Waals surface area (Å²) < 4.78 is 20.2. The van der Waals surface area contributed by atoms with Gasteiger partial charge in [-0.3, -0.25) is 9.78 Å². The Morgan fingerprint density at radius 1 is 1.23 bits per heavy atom. The van der Waals surface area contributed by atoms with Crippen LogP contribution in [0.4, 0.5) is 4.39 Å². The Morgan fingerprint density at radius 3 is 2.47 bits per heavy atom. The van der Waals surface area contributed by atoms with Crippen molar-refractivity contribution in [2.45, 2.75) is 30.0 Å². The molecule has 4 atom stereocenters. The fraction of sp³-hybridized carbons (Fsp3) is 0.412. The van der Waals surface area contributed by atoms with E-state index in [1.807, 2.05) is 0 Å². The number of ether oxygens (including phenoxy) is 1. The summed E-state index contributed by atoms with van der Waals surface area (Å²) in [6, 6.07) is 8.45. The molecule has 0 amide bonds. The van der Waals surface area contributed by atoms with E-state index in [1.54, 1.807) is 35.3 Å². The molecule has 1 aromatic carbocycles. The molecule has 0 radical (unpaired) electrons. The van der Waals surface area contributed by atoms with Gasteiger partial charge in [-0.1, -0.05) is 41.9 Å². The van der Waals surface area contributed by atoms with E-state index in [1.165, 1.54) is 0 Å². The molecule has 6 N–H and O–H groups in total. The van der Waals surface area contributed by atoms with Crippen molar-refractivity contribution in [3.05, 3.63) is 68.0 Å². The lowest BCUT2D eigenvalue weighted by molar-refractivity contribution is -0.433. The molecular weight excluding hydrogens is 429 g/mol. The zero-order valence-corrected chi connectivity index (χ0v) is 16.0. The van der Waals surface area contributed by atoms with Gasteiger partial charge in [0.25, 0.3) is 17.1 Å². The normalized spacial score (nSPS) is 31.4. The number of halogens is 2. The van der Waals surface area contributed by atoms with Crippen LogP contribution >= 0.6 is 11.6 Å². The Bertz CT molecular complexity index is 1030. The maximum absolute atomic E-state index is 15.2. The predicted molar refractivity (Wildman–Crippen MR) is 98.1 cm³/mol. The average molecular weight is 448 g/mol. The van der Waals surface area contributed by atoms with E-state index in [9.17, 15) is 35.2 Å². The number of H-pyrrole nitrogens is 1. The van der Waals surface area contributed by atoms with Gasteiger partial charge in [-0.15, -0.1) is 5.06 Å². The Hall–Kier alpha value is -2.16. The number of rotatable bonds is 6. The second-order valence-corrected chi connectivity index (χ2v) is 7.12. The van der Waals surface area contributed by atoms with Crippen LogP contribution in [0.1, 0.15) is 5.56 Å². The van der Waals surface area contributed by atoms with Crippen molar-refractivity contribution in [1.29, 1.82) is 0 Å². The van der Waals surface area contributed by atoms with Crippen LogP contribution in [0, 0.1) is 0 Å². The van der Waals surface area contributed by atoms with Crippen molar-refractivity contribution in [3.63, 3.8) is 0 Å². The lowest BCUT2D eigenvalue weighted by atomic mass is 9.97. The highest BCUT2D eigenvalue weighted by Crippen LogP contribution is 2.50. The quantitative estimate of drug-likeness (QED) is 0.227. The topological polar surface area (TPSA) is 168 Å². The molecule has 1 aliphatic rings. The van der Waals surface area contributed by atoms with E-state index in [0.717, 1.165) is 0 Å².